The Kier molecular flexibility index (Phi) is 5.84. The smallest absolute Gasteiger partial charge is 0.217 e. The van der Waals surface area contributed by atoms with Crippen molar-refractivity contribution in [3.05, 3.63) is 84.8 Å². The third-order valence-electron chi connectivity index (χ3n) is 6.27. The van der Waals surface area contributed by atoms with Crippen LogP contribution in [0, 0.1) is 0 Å². The van der Waals surface area contributed by atoms with Crippen molar-refractivity contribution in [3.8, 4) is 23.0 Å². The van der Waals surface area contributed by atoms with Crippen LogP contribution in [-0.4, -0.2) is 50.1 Å². The van der Waals surface area contributed by atoms with Crippen LogP contribution < -0.4 is 24.5 Å². The Morgan fingerprint density at radius 3 is 1.79 bits per heavy atom. The molecule has 0 radical (unpaired) electrons. The number of allylic oxidation sites excluding steroid dienone is 1. The number of hydrazine groups is 1. The molecular weight excluding hydrogens is 486 g/mol. The highest BCUT2D eigenvalue weighted by molar-refractivity contribution is 5.86. The Balaban J connectivity index is 0.974. The van der Waals surface area contributed by atoms with Crippen LogP contribution in [0.25, 0.3) is 21.5 Å². The predicted octanol–water partition coefficient (Wildman–Crippen LogP) is 4.57. The molecule has 38 heavy (non-hydrogen) atoms. The van der Waals surface area contributed by atoms with Gasteiger partial charge in [-0.25, -0.2) is 5.43 Å². The van der Waals surface area contributed by atoms with Gasteiger partial charge in [-0.05, 0) is 75.4 Å². The first-order valence-corrected chi connectivity index (χ1v) is 12.5. The van der Waals surface area contributed by atoms with Gasteiger partial charge in [-0.1, -0.05) is 24.3 Å². The molecule has 2 saturated heterocycles. The van der Waals surface area contributed by atoms with E-state index in [4.69, 9.17) is 28.5 Å². The van der Waals surface area contributed by atoms with Crippen molar-refractivity contribution in [1.29, 1.82) is 0 Å². The average Bonchev–Trinajstić information content (AvgIpc) is 3.86. The average molecular weight is 512 g/mol. The Morgan fingerprint density at radius 2 is 1.21 bits per heavy atom. The molecule has 1 N–H and O–H groups in total. The molecule has 2 unspecified atom stereocenters. The topological polar surface area (TPSA) is 89.6 Å². The molecule has 4 aromatic carbocycles. The van der Waals surface area contributed by atoms with Crippen LogP contribution in [0.4, 0.5) is 0 Å². The van der Waals surface area contributed by atoms with Crippen LogP contribution in [0.2, 0.25) is 0 Å². The van der Waals surface area contributed by atoms with E-state index in [1.54, 1.807) is 12.3 Å². The van der Waals surface area contributed by atoms with Crippen molar-refractivity contribution in [1.82, 2.24) is 10.7 Å². The normalized spacial score (nSPS) is 19.6. The molecule has 192 valence electrons. The monoisotopic (exact) mass is 511 g/mol. The lowest BCUT2D eigenvalue weighted by Crippen LogP contribution is -2.39. The lowest BCUT2D eigenvalue weighted by molar-refractivity contribution is -0.104. The van der Waals surface area contributed by atoms with E-state index >= 15 is 0 Å². The largest absolute Gasteiger partial charge is 0.491 e. The van der Waals surface area contributed by atoms with Crippen molar-refractivity contribution in [2.75, 3.05) is 26.4 Å². The number of nitrogens with one attached hydrogen (secondary N) is 1. The van der Waals surface area contributed by atoms with Crippen LogP contribution in [-0.2, 0) is 9.47 Å². The Bertz CT molecular complexity index is 1550. The van der Waals surface area contributed by atoms with Crippen LogP contribution in [0.5, 0.6) is 23.0 Å². The second-order valence-corrected chi connectivity index (χ2v) is 9.25. The zero-order valence-corrected chi connectivity index (χ0v) is 20.4. The highest BCUT2D eigenvalue weighted by atomic mass is 16.7. The molecule has 0 aliphatic carbocycles. The summed E-state index contributed by atoms with van der Waals surface area (Å²) in [4.78, 5) is 5.91. The molecule has 0 amide bonds. The van der Waals surface area contributed by atoms with E-state index in [1.165, 1.54) is 5.28 Å². The van der Waals surface area contributed by atoms with Gasteiger partial charge >= 0.3 is 0 Å². The first-order valence-electron chi connectivity index (χ1n) is 12.5. The van der Waals surface area contributed by atoms with E-state index in [0.29, 0.717) is 30.6 Å². The number of hydrogen-bond donors (Lipinski definition) is 1. The van der Waals surface area contributed by atoms with Crippen molar-refractivity contribution in [2.45, 2.75) is 12.2 Å². The molecule has 0 saturated carbocycles. The quantitative estimate of drug-likeness (QED) is 0.310. The summed E-state index contributed by atoms with van der Waals surface area (Å²) in [7, 11) is 0. The number of nitrogens with zero attached hydrogens (tertiary/aromatic N) is 2. The van der Waals surface area contributed by atoms with Crippen molar-refractivity contribution >= 4 is 27.8 Å². The summed E-state index contributed by atoms with van der Waals surface area (Å²) in [6.45, 7) is 2.72. The number of hydrogen-bond acceptors (Lipinski definition) is 9. The molecule has 0 bridgehead atoms. The van der Waals surface area contributed by atoms with Gasteiger partial charge in [0.2, 0.25) is 5.88 Å². The van der Waals surface area contributed by atoms with Gasteiger partial charge in [-0.15, -0.1) is 5.10 Å². The molecule has 7 rings (SSSR count). The molecule has 3 aliphatic heterocycles. The van der Waals surface area contributed by atoms with Gasteiger partial charge in [0, 0.05) is 6.08 Å². The number of fused-ring (bicyclic) bond motifs is 2. The van der Waals surface area contributed by atoms with Gasteiger partial charge < -0.3 is 28.5 Å². The number of hydrazone groups is 1. The molecule has 2 atom stereocenters. The molecule has 9 nitrogen and oxygen atoms in total. The summed E-state index contributed by atoms with van der Waals surface area (Å²) in [5.74, 6) is 3.44. The zero-order valence-electron chi connectivity index (χ0n) is 20.4. The minimum atomic E-state index is 0.226. The van der Waals surface area contributed by atoms with Crippen molar-refractivity contribution < 1.29 is 28.5 Å². The maximum atomic E-state index is 6.04. The van der Waals surface area contributed by atoms with E-state index in [0.717, 1.165) is 46.3 Å². The van der Waals surface area contributed by atoms with Crippen LogP contribution in [0.15, 0.2) is 89.9 Å². The molecule has 3 aliphatic rings. The van der Waals surface area contributed by atoms with Crippen LogP contribution in [0.3, 0.4) is 0 Å². The fourth-order valence-electron chi connectivity index (χ4n) is 4.06. The summed E-state index contributed by atoms with van der Waals surface area (Å²) in [5, 5.41) is 9.66. The molecule has 2 fully saturated rings. The van der Waals surface area contributed by atoms with E-state index in [9.17, 15) is 0 Å². The SMILES string of the molecule is C1=NN(Oc2ccc3cc(OCC4CO4)ccc3c2)NC(Oc2ccc3cc(OCC4CO4)ccc3c2)=C1. The molecular formula is C29H25N3O6. The minimum absolute atomic E-state index is 0.226. The number of ether oxygens (including phenoxy) is 5. The highest BCUT2D eigenvalue weighted by Gasteiger charge is 2.23. The van der Waals surface area contributed by atoms with Crippen molar-refractivity contribution in [2.24, 2.45) is 5.10 Å². The zero-order chi connectivity index (χ0) is 25.3. The molecule has 0 spiro atoms. The van der Waals surface area contributed by atoms with E-state index < -0.39 is 0 Å². The van der Waals surface area contributed by atoms with Crippen molar-refractivity contribution in [3.63, 3.8) is 0 Å². The maximum absolute atomic E-state index is 6.04. The van der Waals surface area contributed by atoms with E-state index in [-0.39, 0.29) is 12.2 Å². The van der Waals surface area contributed by atoms with Gasteiger partial charge in [0.25, 0.3) is 0 Å². The molecule has 3 heterocycles. The van der Waals surface area contributed by atoms with Crippen LogP contribution >= 0.6 is 0 Å². The summed E-state index contributed by atoms with van der Waals surface area (Å²) >= 11 is 0. The van der Waals surface area contributed by atoms with E-state index in [1.807, 2.05) is 72.8 Å². The summed E-state index contributed by atoms with van der Waals surface area (Å²) in [6, 6.07) is 23.6. The maximum Gasteiger partial charge on any atom is 0.217 e. The summed E-state index contributed by atoms with van der Waals surface area (Å²) < 4.78 is 28.0. The predicted molar refractivity (Wildman–Crippen MR) is 141 cm³/mol. The molecule has 9 heteroatoms. The Hall–Kier alpha value is -4.47. The standard InChI is InChI=1S/C29H25N3O6/c1-5-23(33-15-27-17-35-27)11-19-3-7-25(13-21(1)19)37-29-9-10-30-32(31-29)38-26-8-4-20-12-24(6-2-22(20)14-26)34-16-28-18-36-28/h1-14,27-28,31H,15-18H2. The number of epoxide rings is 2. The van der Waals surface area contributed by atoms with Gasteiger partial charge in [-0.2, -0.15) is 0 Å². The van der Waals surface area contributed by atoms with Gasteiger partial charge in [0.05, 0.1) is 19.4 Å². The number of rotatable bonds is 10. The fraction of sp³-hybridized carbons (Fsp3) is 0.207. The summed E-state index contributed by atoms with van der Waals surface area (Å²) in [5.41, 5.74) is 3.02. The second-order valence-electron chi connectivity index (χ2n) is 9.25. The first kappa shape index (κ1) is 22.7. The summed E-state index contributed by atoms with van der Waals surface area (Å²) in [6.07, 6.45) is 3.79. The van der Waals surface area contributed by atoms with Gasteiger partial charge in [0.1, 0.15) is 42.7 Å². The lowest BCUT2D eigenvalue weighted by Gasteiger charge is -2.23. The second kappa shape index (κ2) is 9.77. The Labute approximate surface area is 218 Å². The van der Waals surface area contributed by atoms with Gasteiger partial charge in [-0.3, -0.25) is 0 Å². The minimum Gasteiger partial charge on any atom is -0.491 e. The third kappa shape index (κ3) is 5.44. The van der Waals surface area contributed by atoms with E-state index in [2.05, 4.69) is 10.5 Å². The highest BCUT2D eigenvalue weighted by Crippen LogP contribution is 2.28. The first-order chi connectivity index (χ1) is 18.7. The van der Waals surface area contributed by atoms with Gasteiger partial charge in [0.15, 0.2) is 5.75 Å². The van der Waals surface area contributed by atoms with Crippen LogP contribution in [0.1, 0.15) is 0 Å². The number of benzene rings is 4. The molecule has 0 aromatic heterocycles. The lowest BCUT2D eigenvalue weighted by atomic mass is 10.1. The third-order valence-corrected chi connectivity index (χ3v) is 6.27. The fourth-order valence-corrected chi connectivity index (χ4v) is 4.06. The molecule has 4 aromatic rings. The Morgan fingerprint density at radius 1 is 0.711 bits per heavy atom.